The molecule has 7 heteroatoms. The van der Waals surface area contributed by atoms with Crippen molar-refractivity contribution in [3.05, 3.63) is 12.4 Å². The van der Waals surface area contributed by atoms with Gasteiger partial charge in [-0.05, 0) is 18.8 Å². The van der Waals surface area contributed by atoms with Crippen LogP contribution < -0.4 is 10.5 Å². The summed E-state index contributed by atoms with van der Waals surface area (Å²) < 4.78 is 28.0. The predicted molar refractivity (Wildman–Crippen MR) is 63.8 cm³/mol. The lowest BCUT2D eigenvalue weighted by molar-refractivity contribution is 0.316. The molecule has 6 nitrogen and oxygen atoms in total. The zero-order chi connectivity index (χ0) is 12.3. The Morgan fingerprint density at radius 2 is 2.29 bits per heavy atom. The van der Waals surface area contributed by atoms with Gasteiger partial charge in [0.2, 0.25) is 10.0 Å². The van der Waals surface area contributed by atoms with Crippen molar-refractivity contribution in [1.82, 2.24) is 14.5 Å². The van der Waals surface area contributed by atoms with Crippen LogP contribution in [0, 0.1) is 5.92 Å². The SMILES string of the molecule is NCCn1cc(S(=O)(=O)NCC2CCC2)cn1. The molecule has 3 N–H and O–H groups in total. The molecule has 0 spiro atoms. The molecule has 0 aliphatic heterocycles. The first-order valence-corrected chi connectivity index (χ1v) is 7.32. The van der Waals surface area contributed by atoms with Crippen molar-refractivity contribution >= 4 is 10.0 Å². The van der Waals surface area contributed by atoms with Crippen molar-refractivity contribution in [2.45, 2.75) is 30.7 Å². The van der Waals surface area contributed by atoms with E-state index in [0.29, 0.717) is 25.6 Å². The number of nitrogens with zero attached hydrogens (tertiary/aromatic N) is 2. The average Bonchev–Trinajstić information content (AvgIpc) is 2.65. The molecule has 1 saturated carbocycles. The number of nitrogens with one attached hydrogen (secondary N) is 1. The van der Waals surface area contributed by atoms with Gasteiger partial charge < -0.3 is 5.73 Å². The maximum atomic E-state index is 11.9. The summed E-state index contributed by atoms with van der Waals surface area (Å²) in [5.74, 6) is 0.504. The van der Waals surface area contributed by atoms with Crippen molar-refractivity contribution in [3.63, 3.8) is 0 Å². The summed E-state index contributed by atoms with van der Waals surface area (Å²) in [7, 11) is -3.40. The molecular weight excluding hydrogens is 240 g/mol. The van der Waals surface area contributed by atoms with Crippen LogP contribution in [0.2, 0.25) is 0 Å². The molecule has 96 valence electrons. The molecule has 0 saturated heterocycles. The van der Waals surface area contributed by atoms with Gasteiger partial charge in [0, 0.05) is 19.3 Å². The minimum Gasteiger partial charge on any atom is -0.329 e. The minimum atomic E-state index is -3.40. The van der Waals surface area contributed by atoms with Crippen LogP contribution in [0.4, 0.5) is 0 Å². The lowest BCUT2D eigenvalue weighted by atomic mass is 9.86. The smallest absolute Gasteiger partial charge is 0.243 e. The lowest BCUT2D eigenvalue weighted by Crippen LogP contribution is -2.32. The number of nitrogens with two attached hydrogens (primary N) is 1. The second-order valence-corrected chi connectivity index (χ2v) is 6.14. The average molecular weight is 258 g/mol. The van der Waals surface area contributed by atoms with E-state index in [1.165, 1.54) is 23.5 Å². The third kappa shape index (κ3) is 3.05. The Bertz CT molecular complexity index is 464. The zero-order valence-electron chi connectivity index (χ0n) is 9.67. The van der Waals surface area contributed by atoms with Crippen molar-refractivity contribution in [2.75, 3.05) is 13.1 Å². The van der Waals surface area contributed by atoms with Gasteiger partial charge in [-0.15, -0.1) is 0 Å². The molecule has 0 radical (unpaired) electrons. The molecular formula is C10H18N4O2S. The number of sulfonamides is 1. The normalized spacial score (nSPS) is 17.0. The maximum absolute atomic E-state index is 11.9. The number of hydrogen-bond donors (Lipinski definition) is 2. The fourth-order valence-corrected chi connectivity index (χ4v) is 2.81. The van der Waals surface area contributed by atoms with E-state index in [0.717, 1.165) is 12.8 Å². The summed E-state index contributed by atoms with van der Waals surface area (Å²) in [5, 5.41) is 3.95. The van der Waals surface area contributed by atoms with Crippen LogP contribution in [0.15, 0.2) is 17.3 Å². The molecule has 0 aromatic carbocycles. The fraction of sp³-hybridized carbons (Fsp3) is 0.700. The van der Waals surface area contributed by atoms with E-state index in [1.54, 1.807) is 0 Å². The molecule has 0 bridgehead atoms. The Hall–Kier alpha value is -0.920. The third-order valence-corrected chi connectivity index (χ3v) is 4.44. The Morgan fingerprint density at radius 1 is 1.53 bits per heavy atom. The van der Waals surface area contributed by atoms with Gasteiger partial charge in [-0.2, -0.15) is 5.10 Å². The van der Waals surface area contributed by atoms with Gasteiger partial charge in [0.25, 0.3) is 0 Å². The van der Waals surface area contributed by atoms with Crippen LogP contribution in [0.1, 0.15) is 19.3 Å². The summed E-state index contributed by atoms with van der Waals surface area (Å²) in [5.41, 5.74) is 5.38. The van der Waals surface area contributed by atoms with Gasteiger partial charge >= 0.3 is 0 Å². The predicted octanol–water partition coefficient (Wildman–Crippen LogP) is -0.0798. The van der Waals surface area contributed by atoms with Crippen molar-refractivity contribution in [2.24, 2.45) is 11.7 Å². The number of aromatic nitrogens is 2. The molecule has 1 aromatic rings. The first-order chi connectivity index (χ1) is 8.12. The quantitative estimate of drug-likeness (QED) is 0.747. The molecule has 1 aromatic heterocycles. The molecule has 2 rings (SSSR count). The zero-order valence-corrected chi connectivity index (χ0v) is 10.5. The maximum Gasteiger partial charge on any atom is 0.243 e. The Morgan fingerprint density at radius 3 is 2.88 bits per heavy atom. The van der Waals surface area contributed by atoms with Gasteiger partial charge in [0.05, 0.1) is 12.7 Å². The summed E-state index contributed by atoms with van der Waals surface area (Å²) in [4.78, 5) is 0.213. The first-order valence-electron chi connectivity index (χ1n) is 5.84. The van der Waals surface area contributed by atoms with E-state index >= 15 is 0 Å². The van der Waals surface area contributed by atoms with Crippen LogP contribution in [-0.2, 0) is 16.6 Å². The van der Waals surface area contributed by atoms with E-state index in [1.807, 2.05) is 0 Å². The Labute approximate surface area is 101 Å². The van der Waals surface area contributed by atoms with E-state index in [2.05, 4.69) is 9.82 Å². The summed E-state index contributed by atoms with van der Waals surface area (Å²) in [6, 6.07) is 0. The second-order valence-electron chi connectivity index (χ2n) is 4.38. The van der Waals surface area contributed by atoms with Crippen molar-refractivity contribution in [1.29, 1.82) is 0 Å². The highest BCUT2D eigenvalue weighted by atomic mass is 32.2. The first kappa shape index (κ1) is 12.5. The van der Waals surface area contributed by atoms with E-state index in [9.17, 15) is 8.42 Å². The summed E-state index contributed by atoms with van der Waals surface area (Å²) >= 11 is 0. The van der Waals surface area contributed by atoms with Crippen LogP contribution in [0.3, 0.4) is 0 Å². The molecule has 0 unspecified atom stereocenters. The molecule has 0 amide bonds. The minimum absolute atomic E-state index is 0.213. The lowest BCUT2D eigenvalue weighted by Gasteiger charge is -2.25. The van der Waals surface area contributed by atoms with Crippen LogP contribution in [0.5, 0.6) is 0 Å². The van der Waals surface area contributed by atoms with Gasteiger partial charge in [-0.3, -0.25) is 4.68 Å². The van der Waals surface area contributed by atoms with Crippen LogP contribution in [0.25, 0.3) is 0 Å². The van der Waals surface area contributed by atoms with E-state index < -0.39 is 10.0 Å². The molecule has 1 aliphatic carbocycles. The highest BCUT2D eigenvalue weighted by molar-refractivity contribution is 7.89. The van der Waals surface area contributed by atoms with Gasteiger partial charge in [-0.1, -0.05) is 6.42 Å². The monoisotopic (exact) mass is 258 g/mol. The highest BCUT2D eigenvalue weighted by Gasteiger charge is 2.22. The van der Waals surface area contributed by atoms with Crippen molar-refractivity contribution < 1.29 is 8.42 Å². The second kappa shape index (κ2) is 5.16. The number of hydrogen-bond acceptors (Lipinski definition) is 4. The Balaban J connectivity index is 1.97. The Kier molecular flexibility index (Phi) is 3.80. The van der Waals surface area contributed by atoms with Gasteiger partial charge in [-0.25, -0.2) is 13.1 Å². The molecule has 1 heterocycles. The fourth-order valence-electron chi connectivity index (χ4n) is 1.75. The molecule has 17 heavy (non-hydrogen) atoms. The summed E-state index contributed by atoms with van der Waals surface area (Å²) in [6.45, 7) is 1.50. The topological polar surface area (TPSA) is 90.0 Å². The number of rotatable bonds is 6. The van der Waals surface area contributed by atoms with E-state index in [-0.39, 0.29) is 4.90 Å². The molecule has 0 atom stereocenters. The van der Waals surface area contributed by atoms with Crippen LogP contribution in [-0.4, -0.2) is 31.3 Å². The third-order valence-electron chi connectivity index (χ3n) is 3.06. The standard InChI is InChI=1S/C10H18N4O2S/c11-4-5-14-8-10(7-12-14)17(15,16)13-6-9-2-1-3-9/h7-9,13H,1-6,11H2. The molecule has 1 fully saturated rings. The van der Waals surface area contributed by atoms with Crippen molar-refractivity contribution in [3.8, 4) is 0 Å². The van der Waals surface area contributed by atoms with E-state index in [4.69, 9.17) is 5.73 Å². The largest absolute Gasteiger partial charge is 0.329 e. The molecule has 1 aliphatic rings. The highest BCUT2D eigenvalue weighted by Crippen LogP contribution is 2.25. The van der Waals surface area contributed by atoms with Gasteiger partial charge in [0.1, 0.15) is 4.90 Å². The van der Waals surface area contributed by atoms with Crippen LogP contribution >= 0.6 is 0 Å². The summed E-state index contributed by atoms with van der Waals surface area (Å²) in [6.07, 6.45) is 6.32. The van der Waals surface area contributed by atoms with Gasteiger partial charge in [0.15, 0.2) is 0 Å².